The van der Waals surface area contributed by atoms with Gasteiger partial charge in [-0.25, -0.2) is 4.39 Å². The zero-order valence-corrected chi connectivity index (χ0v) is 13.4. The van der Waals surface area contributed by atoms with Gasteiger partial charge in [0.15, 0.2) is 0 Å². The summed E-state index contributed by atoms with van der Waals surface area (Å²) < 4.78 is 15.1. The van der Waals surface area contributed by atoms with Crippen LogP contribution in [0.1, 0.15) is 28.5 Å². The number of nitrogens with zero attached hydrogens (tertiary/aromatic N) is 2. The maximum Gasteiger partial charge on any atom is 0.259 e. The Morgan fingerprint density at radius 3 is 2.67 bits per heavy atom. The molecular formula is C19H18FN3O. The molecule has 1 amide bonds. The van der Waals surface area contributed by atoms with Gasteiger partial charge in [-0.1, -0.05) is 43.3 Å². The number of benzene rings is 2. The Kier molecular flexibility index (Phi) is 4.70. The van der Waals surface area contributed by atoms with Gasteiger partial charge in [0, 0.05) is 5.69 Å². The summed E-state index contributed by atoms with van der Waals surface area (Å²) in [5.74, 6) is -0.667. The first-order valence-electron chi connectivity index (χ1n) is 7.83. The van der Waals surface area contributed by atoms with Gasteiger partial charge < -0.3 is 5.32 Å². The van der Waals surface area contributed by atoms with Crippen molar-refractivity contribution in [2.75, 3.05) is 5.32 Å². The first kappa shape index (κ1) is 15.9. The molecule has 1 aromatic heterocycles. The van der Waals surface area contributed by atoms with E-state index in [9.17, 15) is 9.18 Å². The van der Waals surface area contributed by atoms with Crippen molar-refractivity contribution >= 4 is 11.6 Å². The molecule has 4 nitrogen and oxygen atoms in total. The van der Waals surface area contributed by atoms with Gasteiger partial charge in [0.1, 0.15) is 5.82 Å². The molecule has 0 fully saturated rings. The SMILES string of the molecule is CCc1c(C(=O)Nc2cccc(F)c2)cnn1Cc1ccccc1. The molecule has 1 N–H and O–H groups in total. The maximum atomic E-state index is 13.2. The highest BCUT2D eigenvalue weighted by atomic mass is 19.1. The van der Waals surface area contributed by atoms with Crippen molar-refractivity contribution in [3.05, 3.63) is 83.4 Å². The van der Waals surface area contributed by atoms with Crippen LogP contribution >= 0.6 is 0 Å². The number of anilines is 1. The summed E-state index contributed by atoms with van der Waals surface area (Å²) in [7, 11) is 0. The van der Waals surface area contributed by atoms with Crippen LogP contribution in [0.15, 0.2) is 60.8 Å². The lowest BCUT2D eigenvalue weighted by Gasteiger charge is -2.09. The molecule has 3 aromatic rings. The third kappa shape index (κ3) is 3.51. The number of hydrogen-bond acceptors (Lipinski definition) is 2. The molecule has 0 saturated carbocycles. The number of nitrogens with one attached hydrogen (secondary N) is 1. The number of rotatable bonds is 5. The van der Waals surface area contributed by atoms with E-state index in [1.165, 1.54) is 12.1 Å². The van der Waals surface area contributed by atoms with Crippen molar-refractivity contribution in [2.45, 2.75) is 19.9 Å². The van der Waals surface area contributed by atoms with Gasteiger partial charge in [-0.05, 0) is 30.2 Å². The van der Waals surface area contributed by atoms with E-state index >= 15 is 0 Å². The van der Waals surface area contributed by atoms with E-state index in [0.29, 0.717) is 24.2 Å². The summed E-state index contributed by atoms with van der Waals surface area (Å²) in [5, 5.41) is 7.06. The third-order valence-corrected chi connectivity index (χ3v) is 3.79. The minimum Gasteiger partial charge on any atom is -0.322 e. The predicted molar refractivity (Wildman–Crippen MR) is 91.5 cm³/mol. The largest absolute Gasteiger partial charge is 0.322 e. The van der Waals surface area contributed by atoms with E-state index in [1.807, 2.05) is 41.9 Å². The quantitative estimate of drug-likeness (QED) is 0.774. The third-order valence-electron chi connectivity index (χ3n) is 3.79. The molecule has 0 radical (unpaired) electrons. The maximum absolute atomic E-state index is 13.2. The summed E-state index contributed by atoms with van der Waals surface area (Å²) >= 11 is 0. The Balaban J connectivity index is 1.82. The monoisotopic (exact) mass is 323 g/mol. The molecule has 0 saturated heterocycles. The van der Waals surface area contributed by atoms with E-state index in [0.717, 1.165) is 11.3 Å². The van der Waals surface area contributed by atoms with Gasteiger partial charge in [0.2, 0.25) is 0 Å². The van der Waals surface area contributed by atoms with Gasteiger partial charge >= 0.3 is 0 Å². The summed E-state index contributed by atoms with van der Waals surface area (Å²) in [5.41, 5.74) is 2.91. The number of amides is 1. The molecule has 3 rings (SSSR count). The Bertz CT molecular complexity index is 843. The molecule has 122 valence electrons. The Hall–Kier alpha value is -2.95. The van der Waals surface area contributed by atoms with Gasteiger partial charge in [0.05, 0.1) is 24.0 Å². The minimum atomic E-state index is -0.386. The molecular weight excluding hydrogens is 305 g/mol. The van der Waals surface area contributed by atoms with Crippen molar-refractivity contribution in [3.63, 3.8) is 0 Å². The lowest BCUT2D eigenvalue weighted by Crippen LogP contribution is -2.15. The molecule has 0 spiro atoms. The van der Waals surface area contributed by atoms with Crippen LogP contribution in [0.3, 0.4) is 0 Å². The molecule has 24 heavy (non-hydrogen) atoms. The van der Waals surface area contributed by atoms with Crippen LogP contribution in [0.2, 0.25) is 0 Å². The van der Waals surface area contributed by atoms with E-state index in [4.69, 9.17) is 0 Å². The first-order chi connectivity index (χ1) is 11.7. The van der Waals surface area contributed by atoms with Crippen molar-refractivity contribution in [3.8, 4) is 0 Å². The first-order valence-corrected chi connectivity index (χ1v) is 7.83. The average molecular weight is 323 g/mol. The van der Waals surface area contributed by atoms with E-state index < -0.39 is 0 Å². The van der Waals surface area contributed by atoms with E-state index in [2.05, 4.69) is 10.4 Å². The molecule has 0 bridgehead atoms. The summed E-state index contributed by atoms with van der Waals surface area (Å²) in [6.45, 7) is 2.59. The number of hydrogen-bond donors (Lipinski definition) is 1. The second kappa shape index (κ2) is 7.08. The minimum absolute atomic E-state index is 0.281. The smallest absolute Gasteiger partial charge is 0.259 e. The summed E-state index contributed by atoms with van der Waals surface area (Å²) in [6, 6.07) is 15.8. The molecule has 0 aliphatic rings. The van der Waals surface area contributed by atoms with E-state index in [1.54, 1.807) is 18.3 Å². The van der Waals surface area contributed by atoms with Crippen LogP contribution in [0.5, 0.6) is 0 Å². The van der Waals surface area contributed by atoms with Crippen LogP contribution in [-0.4, -0.2) is 15.7 Å². The number of aromatic nitrogens is 2. The fourth-order valence-corrected chi connectivity index (χ4v) is 2.63. The number of carbonyl (C=O) groups is 1. The van der Waals surface area contributed by atoms with Gasteiger partial charge in [-0.3, -0.25) is 9.48 Å². The van der Waals surface area contributed by atoms with Gasteiger partial charge in [-0.15, -0.1) is 0 Å². The normalized spacial score (nSPS) is 10.6. The fraction of sp³-hybridized carbons (Fsp3) is 0.158. The van der Waals surface area contributed by atoms with Crippen molar-refractivity contribution in [1.82, 2.24) is 9.78 Å². The average Bonchev–Trinajstić information content (AvgIpc) is 2.98. The van der Waals surface area contributed by atoms with Crippen LogP contribution in [-0.2, 0) is 13.0 Å². The molecule has 1 heterocycles. The molecule has 2 aromatic carbocycles. The number of halogens is 1. The molecule has 0 unspecified atom stereocenters. The van der Waals surface area contributed by atoms with Crippen LogP contribution in [0.4, 0.5) is 10.1 Å². The highest BCUT2D eigenvalue weighted by Gasteiger charge is 2.16. The van der Waals surface area contributed by atoms with Crippen LogP contribution in [0, 0.1) is 5.82 Å². The standard InChI is InChI=1S/C19H18FN3O/c1-2-18-17(19(24)22-16-10-6-9-15(20)11-16)12-21-23(18)13-14-7-4-3-5-8-14/h3-12H,2,13H2,1H3,(H,22,24). The fourth-order valence-electron chi connectivity index (χ4n) is 2.63. The Morgan fingerprint density at radius 1 is 1.17 bits per heavy atom. The second-order valence-electron chi connectivity index (χ2n) is 5.47. The van der Waals surface area contributed by atoms with E-state index in [-0.39, 0.29) is 11.7 Å². The molecule has 0 aliphatic carbocycles. The highest BCUT2D eigenvalue weighted by Crippen LogP contribution is 2.16. The van der Waals surface area contributed by atoms with Crippen molar-refractivity contribution in [1.29, 1.82) is 0 Å². The van der Waals surface area contributed by atoms with Crippen molar-refractivity contribution < 1.29 is 9.18 Å². The highest BCUT2D eigenvalue weighted by molar-refractivity contribution is 6.04. The molecule has 0 atom stereocenters. The Labute approximate surface area is 139 Å². The van der Waals surface area contributed by atoms with Crippen LogP contribution < -0.4 is 5.32 Å². The second-order valence-corrected chi connectivity index (χ2v) is 5.47. The lowest BCUT2D eigenvalue weighted by atomic mass is 10.1. The molecule has 5 heteroatoms. The zero-order chi connectivity index (χ0) is 16.9. The summed E-state index contributed by atoms with van der Waals surface area (Å²) in [4.78, 5) is 12.5. The Morgan fingerprint density at radius 2 is 1.96 bits per heavy atom. The van der Waals surface area contributed by atoms with Gasteiger partial charge in [0.25, 0.3) is 5.91 Å². The topological polar surface area (TPSA) is 46.9 Å². The zero-order valence-electron chi connectivity index (χ0n) is 13.4. The predicted octanol–water partition coefficient (Wildman–Crippen LogP) is 3.89. The molecule has 0 aliphatic heterocycles. The van der Waals surface area contributed by atoms with Crippen molar-refractivity contribution in [2.24, 2.45) is 0 Å². The van der Waals surface area contributed by atoms with Gasteiger partial charge in [-0.2, -0.15) is 5.10 Å². The lowest BCUT2D eigenvalue weighted by molar-refractivity contribution is 0.102. The van der Waals surface area contributed by atoms with Crippen LogP contribution in [0.25, 0.3) is 0 Å². The number of carbonyl (C=O) groups excluding carboxylic acids is 1. The summed E-state index contributed by atoms with van der Waals surface area (Å²) in [6.07, 6.45) is 2.25.